The number of ketones is 2. The zero-order valence-electron chi connectivity index (χ0n) is 22.6. The molecule has 0 aliphatic rings. The van der Waals surface area contributed by atoms with Crippen LogP contribution in [0.3, 0.4) is 0 Å². The van der Waals surface area contributed by atoms with Gasteiger partial charge in [-0.05, 0) is 72.8 Å². The van der Waals surface area contributed by atoms with Crippen LogP contribution in [0.4, 0.5) is 0 Å². The Kier molecular flexibility index (Phi) is 11.1. The van der Waals surface area contributed by atoms with E-state index in [0.29, 0.717) is 28.9 Å². The van der Waals surface area contributed by atoms with Crippen LogP contribution in [-0.4, -0.2) is 29.0 Å². The summed E-state index contributed by atoms with van der Waals surface area (Å²) in [5, 5.41) is 3.96. The third kappa shape index (κ3) is 9.01. The highest BCUT2D eigenvalue weighted by atomic mass is 79.9. The second-order valence-corrected chi connectivity index (χ2v) is 12.6. The van der Waals surface area contributed by atoms with E-state index in [-0.39, 0.29) is 23.2 Å². The van der Waals surface area contributed by atoms with Gasteiger partial charge in [0, 0.05) is 48.0 Å². The Morgan fingerprint density at radius 3 is 1.85 bits per heavy atom. The van der Waals surface area contributed by atoms with Crippen molar-refractivity contribution in [2.24, 2.45) is 11.1 Å². The topological polar surface area (TPSA) is 72.8 Å². The van der Waals surface area contributed by atoms with Gasteiger partial charge in [-0.1, -0.05) is 77.0 Å². The second-order valence-electron chi connectivity index (χ2n) is 9.33. The fourth-order valence-electron chi connectivity index (χ4n) is 3.61. The van der Waals surface area contributed by atoms with Crippen LogP contribution >= 0.6 is 39.5 Å². The lowest BCUT2D eigenvalue weighted by molar-refractivity contribution is -0.147. The number of hydrogen-bond donors (Lipinski definition) is 0. The highest BCUT2D eigenvalue weighted by molar-refractivity contribution is 9.10. The minimum absolute atomic E-state index is 0.0169. The Morgan fingerprint density at radius 2 is 1.27 bits per heavy atom. The van der Waals surface area contributed by atoms with Gasteiger partial charge in [-0.3, -0.25) is 9.59 Å². The summed E-state index contributed by atoms with van der Waals surface area (Å²) < 4.78 is 0.997. The molecule has 0 amide bonds. The first-order valence-electron chi connectivity index (χ1n) is 13.0. The molecule has 0 heterocycles. The first kappa shape index (κ1) is 30.5. The van der Waals surface area contributed by atoms with Gasteiger partial charge < -0.3 is 4.84 Å². The lowest BCUT2D eigenvalue weighted by Crippen LogP contribution is -2.18. The van der Waals surface area contributed by atoms with Crippen LogP contribution in [-0.2, 0) is 9.63 Å². The monoisotopic (exact) mass is 645 g/mol. The number of nitrogens with zero attached hydrogens (tertiary/aromatic N) is 1. The minimum Gasteiger partial charge on any atom is -0.318 e. The number of carbonyl (C=O) groups is 3. The predicted octanol–water partition coefficient (Wildman–Crippen LogP) is 8.75. The molecule has 0 saturated carbocycles. The number of benzene rings is 4. The van der Waals surface area contributed by atoms with Crippen molar-refractivity contribution in [3.63, 3.8) is 0 Å². The Balaban J connectivity index is 1.41. The maximum Gasteiger partial charge on any atom is 0.337 e. The fourth-order valence-corrected chi connectivity index (χ4v) is 5.55. The fraction of sp³-hybridized carbons (Fsp3) is 0.152. The van der Waals surface area contributed by atoms with Crippen LogP contribution in [0.1, 0.15) is 46.5 Å². The van der Waals surface area contributed by atoms with E-state index in [1.54, 1.807) is 49.9 Å². The van der Waals surface area contributed by atoms with E-state index in [9.17, 15) is 14.4 Å². The third-order valence-electron chi connectivity index (χ3n) is 5.91. The molecule has 4 aromatic carbocycles. The molecule has 41 heavy (non-hydrogen) atoms. The van der Waals surface area contributed by atoms with Crippen LogP contribution in [0, 0.1) is 5.92 Å². The predicted molar refractivity (Wildman–Crippen MR) is 169 cm³/mol. The zero-order chi connectivity index (χ0) is 29.2. The van der Waals surface area contributed by atoms with Gasteiger partial charge in [0.15, 0.2) is 5.78 Å². The molecule has 0 aromatic heterocycles. The van der Waals surface area contributed by atoms with Gasteiger partial charge in [-0.25, -0.2) is 4.79 Å². The van der Waals surface area contributed by atoms with Crippen LogP contribution in [0.15, 0.2) is 127 Å². The average Bonchev–Trinajstić information content (AvgIpc) is 3.00. The maximum atomic E-state index is 13.3. The minimum atomic E-state index is -0.487. The molecule has 0 radical (unpaired) electrons. The standard InChI is InChI=1S/C33H28BrNO4S2/c1-22(2)33(38)39-35-30(20-21-40-27-18-12-26(34)13-19-27)32(37)25-10-16-29(17-11-25)41-28-14-8-24(9-15-28)31(36)23-6-4-3-5-7-23/h3-19,22H,20-21H2,1-2H3/b35-30+. The number of rotatable bonds is 12. The average molecular weight is 647 g/mol. The normalized spacial score (nSPS) is 11.4. The number of hydrogen-bond acceptors (Lipinski definition) is 7. The summed E-state index contributed by atoms with van der Waals surface area (Å²) in [5.74, 6) is -0.537. The summed E-state index contributed by atoms with van der Waals surface area (Å²) in [4.78, 5) is 46.1. The third-order valence-corrected chi connectivity index (χ3v) is 8.46. The number of oxime groups is 1. The van der Waals surface area contributed by atoms with Gasteiger partial charge in [0.05, 0.1) is 5.92 Å². The molecular weight excluding hydrogens is 618 g/mol. The summed E-state index contributed by atoms with van der Waals surface area (Å²) >= 11 is 6.56. The Labute approximate surface area is 256 Å². The summed E-state index contributed by atoms with van der Waals surface area (Å²) in [5.41, 5.74) is 1.94. The van der Waals surface area contributed by atoms with E-state index in [1.165, 1.54) is 11.8 Å². The Hall–Kier alpha value is -3.46. The molecule has 0 aliphatic carbocycles. The van der Waals surface area contributed by atoms with E-state index >= 15 is 0 Å². The van der Waals surface area contributed by atoms with E-state index in [4.69, 9.17) is 4.84 Å². The van der Waals surface area contributed by atoms with Gasteiger partial charge in [0.2, 0.25) is 5.78 Å². The van der Waals surface area contributed by atoms with Crippen molar-refractivity contribution in [3.05, 3.63) is 124 Å². The first-order chi connectivity index (χ1) is 19.8. The number of carbonyl (C=O) groups excluding carboxylic acids is 3. The van der Waals surface area contributed by atoms with Crippen LogP contribution in [0.5, 0.6) is 0 Å². The van der Waals surface area contributed by atoms with E-state index < -0.39 is 5.97 Å². The van der Waals surface area contributed by atoms with Crippen molar-refractivity contribution in [1.82, 2.24) is 0 Å². The molecule has 0 aliphatic heterocycles. The van der Waals surface area contributed by atoms with Gasteiger partial charge in [0.1, 0.15) is 5.71 Å². The molecule has 0 spiro atoms. The van der Waals surface area contributed by atoms with Crippen molar-refractivity contribution in [1.29, 1.82) is 0 Å². The lowest BCUT2D eigenvalue weighted by atomic mass is 10.0. The Bertz CT molecular complexity index is 1520. The molecule has 0 N–H and O–H groups in total. The number of thioether (sulfide) groups is 1. The summed E-state index contributed by atoms with van der Waals surface area (Å²) in [6.45, 7) is 3.43. The molecular formula is C33H28BrNO4S2. The van der Waals surface area contributed by atoms with Crippen molar-refractivity contribution < 1.29 is 19.2 Å². The van der Waals surface area contributed by atoms with Gasteiger partial charge in [-0.2, -0.15) is 0 Å². The molecule has 0 saturated heterocycles. The van der Waals surface area contributed by atoms with Gasteiger partial charge in [0.25, 0.3) is 0 Å². The van der Waals surface area contributed by atoms with E-state index in [0.717, 1.165) is 19.2 Å². The Morgan fingerprint density at radius 1 is 0.732 bits per heavy atom. The highest BCUT2D eigenvalue weighted by Gasteiger charge is 2.18. The molecule has 0 unspecified atom stereocenters. The maximum absolute atomic E-state index is 13.3. The van der Waals surface area contributed by atoms with Crippen LogP contribution in [0.25, 0.3) is 0 Å². The van der Waals surface area contributed by atoms with E-state index in [2.05, 4.69) is 21.1 Å². The highest BCUT2D eigenvalue weighted by Crippen LogP contribution is 2.29. The molecule has 0 atom stereocenters. The molecule has 4 rings (SSSR count). The number of halogens is 1. The smallest absolute Gasteiger partial charge is 0.318 e. The van der Waals surface area contributed by atoms with Crippen molar-refractivity contribution >= 4 is 62.7 Å². The van der Waals surface area contributed by atoms with Crippen molar-refractivity contribution in [3.8, 4) is 0 Å². The largest absolute Gasteiger partial charge is 0.337 e. The second kappa shape index (κ2) is 15.0. The molecule has 0 bridgehead atoms. The van der Waals surface area contributed by atoms with Crippen LogP contribution < -0.4 is 0 Å². The number of Topliss-reactive ketones (excluding diaryl/α,β-unsaturated/α-hetero) is 1. The van der Waals surface area contributed by atoms with Gasteiger partial charge in [-0.15, -0.1) is 11.8 Å². The first-order valence-corrected chi connectivity index (χ1v) is 15.6. The summed E-state index contributed by atoms with van der Waals surface area (Å²) in [7, 11) is 0. The van der Waals surface area contributed by atoms with Crippen LogP contribution in [0.2, 0.25) is 0 Å². The molecule has 4 aromatic rings. The summed E-state index contributed by atoms with van der Waals surface area (Å²) in [6.07, 6.45) is 0.343. The summed E-state index contributed by atoms with van der Waals surface area (Å²) in [6, 6.07) is 31.8. The lowest BCUT2D eigenvalue weighted by Gasteiger charge is -2.08. The zero-order valence-corrected chi connectivity index (χ0v) is 25.8. The molecule has 208 valence electrons. The van der Waals surface area contributed by atoms with Crippen molar-refractivity contribution in [2.75, 3.05) is 5.75 Å². The molecule has 8 heteroatoms. The van der Waals surface area contributed by atoms with Crippen molar-refractivity contribution in [2.45, 2.75) is 35.0 Å². The SMILES string of the molecule is CC(C)C(=O)O/N=C(\CCSc1ccc(Br)cc1)C(=O)c1ccc(Sc2ccc(C(=O)c3ccccc3)cc2)cc1. The molecule has 0 fully saturated rings. The van der Waals surface area contributed by atoms with E-state index in [1.807, 2.05) is 78.9 Å². The van der Waals surface area contributed by atoms with Gasteiger partial charge >= 0.3 is 5.97 Å². The molecule has 5 nitrogen and oxygen atoms in total. The quantitative estimate of drug-likeness (QED) is 0.0504.